The van der Waals surface area contributed by atoms with E-state index in [4.69, 9.17) is 9.47 Å². The second-order valence-electron chi connectivity index (χ2n) is 8.43. The molecule has 0 aromatic heterocycles. The molecule has 170 valence electrons. The molecule has 1 N–H and O–H groups in total. The van der Waals surface area contributed by atoms with E-state index in [1.54, 1.807) is 26.4 Å². The number of aryl methyl sites for hydroxylation is 1. The highest BCUT2D eigenvalue weighted by Crippen LogP contribution is 2.41. The van der Waals surface area contributed by atoms with Gasteiger partial charge in [-0.2, -0.15) is 0 Å². The number of fused-ring (bicyclic) bond motifs is 1. The van der Waals surface area contributed by atoms with Crippen molar-refractivity contribution in [3.8, 4) is 11.5 Å². The molecule has 6 nitrogen and oxygen atoms in total. The van der Waals surface area contributed by atoms with Crippen molar-refractivity contribution in [3.63, 3.8) is 0 Å². The SMILES string of the molecule is CCN1CCc2cc(OC)c(OC)cc2[C@@H]1[C@@H](NS(=O)(=O)c1ccc(C)cc1)C(C)C. The molecular weight excluding hydrogens is 412 g/mol. The molecule has 0 saturated heterocycles. The van der Waals surface area contributed by atoms with Gasteiger partial charge in [-0.3, -0.25) is 4.90 Å². The Morgan fingerprint density at radius 3 is 2.26 bits per heavy atom. The van der Waals surface area contributed by atoms with E-state index in [9.17, 15) is 8.42 Å². The zero-order valence-electron chi connectivity index (χ0n) is 19.3. The highest BCUT2D eigenvalue weighted by atomic mass is 32.2. The molecule has 0 unspecified atom stereocenters. The molecule has 0 radical (unpaired) electrons. The van der Waals surface area contributed by atoms with E-state index < -0.39 is 10.0 Å². The second-order valence-corrected chi connectivity index (χ2v) is 10.1. The Bertz CT molecular complexity index is 1000. The Balaban J connectivity index is 2.06. The van der Waals surface area contributed by atoms with Gasteiger partial charge in [0.05, 0.1) is 25.2 Å². The zero-order chi connectivity index (χ0) is 22.8. The first-order chi connectivity index (χ1) is 14.7. The summed E-state index contributed by atoms with van der Waals surface area (Å²) >= 11 is 0. The summed E-state index contributed by atoms with van der Waals surface area (Å²) in [6, 6.07) is 10.6. The molecule has 31 heavy (non-hydrogen) atoms. The molecule has 2 atom stereocenters. The lowest BCUT2D eigenvalue weighted by Gasteiger charge is -2.43. The van der Waals surface area contributed by atoms with Gasteiger partial charge in [0, 0.05) is 12.6 Å². The van der Waals surface area contributed by atoms with Crippen LogP contribution in [0.3, 0.4) is 0 Å². The maximum absolute atomic E-state index is 13.3. The lowest BCUT2D eigenvalue weighted by molar-refractivity contribution is 0.141. The highest BCUT2D eigenvalue weighted by molar-refractivity contribution is 7.89. The van der Waals surface area contributed by atoms with Crippen LogP contribution in [0.4, 0.5) is 0 Å². The summed E-state index contributed by atoms with van der Waals surface area (Å²) < 4.78 is 40.6. The molecule has 7 heteroatoms. The van der Waals surface area contributed by atoms with Crippen LogP contribution in [0.2, 0.25) is 0 Å². The van der Waals surface area contributed by atoms with Crippen LogP contribution in [0.1, 0.15) is 43.5 Å². The molecule has 0 fully saturated rings. The summed E-state index contributed by atoms with van der Waals surface area (Å²) in [4.78, 5) is 2.63. The number of hydrogen-bond acceptors (Lipinski definition) is 5. The lowest BCUT2D eigenvalue weighted by atomic mass is 9.84. The van der Waals surface area contributed by atoms with Gasteiger partial charge in [0.1, 0.15) is 0 Å². The van der Waals surface area contributed by atoms with Crippen molar-refractivity contribution in [2.45, 2.75) is 51.1 Å². The van der Waals surface area contributed by atoms with Crippen molar-refractivity contribution in [2.75, 3.05) is 27.3 Å². The maximum atomic E-state index is 13.3. The van der Waals surface area contributed by atoms with Crippen LogP contribution >= 0.6 is 0 Å². The molecule has 1 aliphatic heterocycles. The quantitative estimate of drug-likeness (QED) is 0.665. The van der Waals surface area contributed by atoms with Crippen molar-refractivity contribution in [3.05, 3.63) is 53.1 Å². The van der Waals surface area contributed by atoms with Crippen molar-refractivity contribution in [1.29, 1.82) is 0 Å². The van der Waals surface area contributed by atoms with Crippen molar-refractivity contribution < 1.29 is 17.9 Å². The third-order valence-electron chi connectivity index (χ3n) is 6.11. The monoisotopic (exact) mass is 446 g/mol. The number of benzene rings is 2. The first kappa shape index (κ1) is 23.6. The van der Waals surface area contributed by atoms with Crippen LogP contribution in [0.5, 0.6) is 11.5 Å². The normalized spacial score (nSPS) is 18.0. The van der Waals surface area contributed by atoms with Crippen molar-refractivity contribution in [2.24, 2.45) is 5.92 Å². The predicted octanol–water partition coefficient (Wildman–Crippen LogP) is 3.93. The molecule has 0 aliphatic carbocycles. The van der Waals surface area contributed by atoms with E-state index in [0.29, 0.717) is 11.5 Å². The fourth-order valence-corrected chi connectivity index (χ4v) is 5.72. The first-order valence-electron chi connectivity index (χ1n) is 10.8. The number of rotatable bonds is 8. The predicted molar refractivity (Wildman–Crippen MR) is 123 cm³/mol. The van der Waals surface area contributed by atoms with Crippen LogP contribution in [0.25, 0.3) is 0 Å². The second kappa shape index (κ2) is 9.59. The molecule has 0 bridgehead atoms. The first-order valence-corrected chi connectivity index (χ1v) is 12.3. The van der Waals surface area contributed by atoms with Gasteiger partial charge in [0.2, 0.25) is 10.0 Å². The van der Waals surface area contributed by atoms with E-state index in [-0.39, 0.29) is 22.9 Å². The number of nitrogens with one attached hydrogen (secondary N) is 1. The van der Waals surface area contributed by atoms with Crippen LogP contribution in [-0.4, -0.2) is 46.7 Å². The summed E-state index contributed by atoms with van der Waals surface area (Å²) in [5.41, 5.74) is 3.29. The number of hydrogen-bond donors (Lipinski definition) is 1. The number of nitrogens with zero attached hydrogens (tertiary/aromatic N) is 1. The minimum absolute atomic E-state index is 0.0818. The topological polar surface area (TPSA) is 67.9 Å². The molecular formula is C24H34N2O4S. The van der Waals surface area contributed by atoms with Gasteiger partial charge in [-0.1, -0.05) is 38.5 Å². The lowest BCUT2D eigenvalue weighted by Crippen LogP contribution is -2.51. The molecule has 3 rings (SSSR count). The smallest absolute Gasteiger partial charge is 0.240 e. The Hall–Kier alpha value is -2.09. The molecule has 0 saturated carbocycles. The fourth-order valence-electron chi connectivity index (χ4n) is 4.33. The third kappa shape index (κ3) is 4.89. The zero-order valence-corrected chi connectivity index (χ0v) is 20.1. The van der Waals surface area contributed by atoms with E-state index >= 15 is 0 Å². The molecule has 0 spiro atoms. The van der Waals surface area contributed by atoms with E-state index in [0.717, 1.165) is 30.6 Å². The third-order valence-corrected chi connectivity index (χ3v) is 7.59. The molecule has 0 amide bonds. The number of methoxy groups -OCH3 is 2. The number of sulfonamides is 1. The Morgan fingerprint density at radius 2 is 1.71 bits per heavy atom. The summed E-state index contributed by atoms with van der Waals surface area (Å²) in [7, 11) is -0.407. The van der Waals surface area contributed by atoms with Crippen LogP contribution in [-0.2, 0) is 16.4 Å². The molecule has 1 heterocycles. The van der Waals surface area contributed by atoms with Gasteiger partial charge in [-0.25, -0.2) is 13.1 Å². The molecule has 1 aliphatic rings. The molecule has 2 aromatic carbocycles. The average molecular weight is 447 g/mol. The van der Waals surface area contributed by atoms with E-state index in [1.165, 1.54) is 5.56 Å². The largest absolute Gasteiger partial charge is 0.493 e. The maximum Gasteiger partial charge on any atom is 0.240 e. The van der Waals surface area contributed by atoms with Crippen molar-refractivity contribution in [1.82, 2.24) is 9.62 Å². The minimum Gasteiger partial charge on any atom is -0.493 e. The van der Waals surface area contributed by atoms with Crippen LogP contribution in [0.15, 0.2) is 41.3 Å². The Labute approximate surface area is 186 Å². The summed E-state index contributed by atoms with van der Waals surface area (Å²) in [5.74, 6) is 1.44. The number of ether oxygens (including phenoxy) is 2. The standard InChI is InChI=1S/C24H34N2O4S/c1-7-26-13-12-18-14-21(29-5)22(30-6)15-20(18)24(26)23(16(2)3)25-31(27,28)19-10-8-17(4)9-11-19/h8-11,14-16,23-25H,7,12-13H2,1-6H3/t23-,24+/m0/s1. The Kier molecular flexibility index (Phi) is 7.29. The summed E-state index contributed by atoms with van der Waals surface area (Å²) in [6.07, 6.45) is 0.884. The van der Waals surface area contributed by atoms with Gasteiger partial charge in [-0.05, 0) is 61.2 Å². The average Bonchev–Trinajstić information content (AvgIpc) is 2.75. The van der Waals surface area contributed by atoms with Gasteiger partial charge >= 0.3 is 0 Å². The Morgan fingerprint density at radius 1 is 1.10 bits per heavy atom. The van der Waals surface area contributed by atoms with E-state index in [2.05, 4.69) is 30.4 Å². The van der Waals surface area contributed by atoms with Crippen molar-refractivity contribution >= 4 is 10.0 Å². The van der Waals surface area contributed by atoms with Gasteiger partial charge in [0.25, 0.3) is 0 Å². The number of likely N-dealkylation sites (N-methyl/N-ethyl adjacent to an activating group) is 1. The van der Waals surface area contributed by atoms with E-state index in [1.807, 2.05) is 31.2 Å². The van der Waals surface area contributed by atoms with Crippen LogP contribution < -0.4 is 14.2 Å². The van der Waals surface area contributed by atoms with Gasteiger partial charge < -0.3 is 9.47 Å². The molecule has 2 aromatic rings. The minimum atomic E-state index is -3.67. The van der Waals surface area contributed by atoms with Gasteiger partial charge in [0.15, 0.2) is 11.5 Å². The van der Waals surface area contributed by atoms with Crippen LogP contribution in [0, 0.1) is 12.8 Å². The fraction of sp³-hybridized carbons (Fsp3) is 0.500. The highest BCUT2D eigenvalue weighted by Gasteiger charge is 2.38. The van der Waals surface area contributed by atoms with Gasteiger partial charge in [-0.15, -0.1) is 0 Å². The summed E-state index contributed by atoms with van der Waals surface area (Å²) in [6.45, 7) is 9.87. The summed E-state index contributed by atoms with van der Waals surface area (Å²) in [5, 5.41) is 0.